The molecule has 0 fully saturated rings. The van der Waals surface area contributed by atoms with Crippen molar-refractivity contribution in [1.82, 2.24) is 0 Å². The van der Waals surface area contributed by atoms with Crippen LogP contribution in [0.1, 0.15) is 5.56 Å². The molecule has 24 heavy (non-hydrogen) atoms. The highest BCUT2D eigenvalue weighted by atomic mass is 16.6. The first-order valence-electron chi connectivity index (χ1n) is 7.39. The molecule has 0 bridgehead atoms. The summed E-state index contributed by atoms with van der Waals surface area (Å²) in [6.45, 7) is 1.74. The lowest BCUT2D eigenvalue weighted by atomic mass is 10.1. The summed E-state index contributed by atoms with van der Waals surface area (Å²) in [5.74, 6) is 1.87. The molecule has 0 radical (unpaired) electrons. The molecular formula is C19H15NO4. The molecule has 0 spiro atoms. The average molecular weight is 321 g/mol. The Labute approximate surface area is 139 Å². The topological polar surface area (TPSA) is 61.6 Å². The molecule has 0 aromatic heterocycles. The van der Waals surface area contributed by atoms with Gasteiger partial charge in [0.25, 0.3) is 0 Å². The molecular weight excluding hydrogens is 306 g/mol. The van der Waals surface area contributed by atoms with Crippen molar-refractivity contribution in [2.24, 2.45) is 0 Å². The molecule has 3 aromatic rings. The second-order valence-electron chi connectivity index (χ2n) is 5.12. The van der Waals surface area contributed by atoms with Crippen LogP contribution in [-0.4, -0.2) is 4.92 Å². The Kier molecular flexibility index (Phi) is 4.43. The zero-order valence-electron chi connectivity index (χ0n) is 13.0. The molecule has 0 amide bonds. The summed E-state index contributed by atoms with van der Waals surface area (Å²) in [7, 11) is 0. The van der Waals surface area contributed by atoms with E-state index in [0.717, 1.165) is 0 Å². The van der Waals surface area contributed by atoms with Crippen molar-refractivity contribution in [1.29, 1.82) is 0 Å². The van der Waals surface area contributed by atoms with Gasteiger partial charge in [-0.05, 0) is 37.3 Å². The van der Waals surface area contributed by atoms with E-state index in [1.54, 1.807) is 37.3 Å². The highest BCUT2D eigenvalue weighted by Gasteiger charge is 2.22. The molecule has 5 nitrogen and oxygen atoms in total. The Bertz CT molecular complexity index is 848. The zero-order chi connectivity index (χ0) is 16.9. The van der Waals surface area contributed by atoms with Gasteiger partial charge in [-0.25, -0.2) is 0 Å². The van der Waals surface area contributed by atoms with E-state index in [-0.39, 0.29) is 11.4 Å². The largest absolute Gasteiger partial charge is 0.457 e. The number of hydrogen-bond acceptors (Lipinski definition) is 4. The third-order valence-corrected chi connectivity index (χ3v) is 3.47. The summed E-state index contributed by atoms with van der Waals surface area (Å²) in [6, 6.07) is 21.2. The number of benzene rings is 3. The molecule has 0 atom stereocenters. The van der Waals surface area contributed by atoms with Crippen LogP contribution in [0.5, 0.6) is 23.0 Å². The summed E-state index contributed by atoms with van der Waals surface area (Å²) in [6.07, 6.45) is 0. The number of nitro benzene ring substituents is 1. The van der Waals surface area contributed by atoms with Crippen molar-refractivity contribution in [2.75, 3.05) is 0 Å². The van der Waals surface area contributed by atoms with Crippen molar-refractivity contribution in [2.45, 2.75) is 6.92 Å². The average Bonchev–Trinajstić information content (AvgIpc) is 2.60. The molecule has 0 heterocycles. The molecule has 5 heteroatoms. The second kappa shape index (κ2) is 6.83. The third-order valence-electron chi connectivity index (χ3n) is 3.47. The van der Waals surface area contributed by atoms with E-state index < -0.39 is 4.92 Å². The quantitative estimate of drug-likeness (QED) is 0.460. The number of rotatable bonds is 5. The lowest BCUT2D eigenvalue weighted by molar-refractivity contribution is -0.385. The molecule has 3 aromatic carbocycles. The number of para-hydroxylation sites is 2. The third kappa shape index (κ3) is 3.35. The van der Waals surface area contributed by atoms with Gasteiger partial charge in [0, 0.05) is 11.6 Å². The first-order chi connectivity index (χ1) is 11.6. The van der Waals surface area contributed by atoms with E-state index in [9.17, 15) is 10.1 Å². The van der Waals surface area contributed by atoms with Gasteiger partial charge in [0.2, 0.25) is 5.75 Å². The first-order valence-corrected chi connectivity index (χ1v) is 7.39. The van der Waals surface area contributed by atoms with Crippen LogP contribution < -0.4 is 9.47 Å². The van der Waals surface area contributed by atoms with Crippen LogP contribution in [0, 0.1) is 17.0 Å². The number of nitrogens with zero attached hydrogens (tertiary/aromatic N) is 1. The van der Waals surface area contributed by atoms with Gasteiger partial charge in [-0.3, -0.25) is 10.1 Å². The predicted molar refractivity (Wildman–Crippen MR) is 90.9 cm³/mol. The number of hydrogen-bond donors (Lipinski definition) is 0. The van der Waals surface area contributed by atoms with Crippen molar-refractivity contribution in [3.05, 3.63) is 88.5 Å². The van der Waals surface area contributed by atoms with Crippen LogP contribution in [0.4, 0.5) is 5.69 Å². The normalized spacial score (nSPS) is 10.2. The molecule has 0 saturated carbocycles. The maximum Gasteiger partial charge on any atom is 0.312 e. The van der Waals surface area contributed by atoms with Crippen LogP contribution in [0.25, 0.3) is 0 Å². The van der Waals surface area contributed by atoms with Crippen molar-refractivity contribution >= 4 is 5.69 Å². The highest BCUT2D eigenvalue weighted by Crippen LogP contribution is 2.40. The standard InChI is InChI=1S/C19H15NO4/c1-14-18(23-15-8-4-2-5-9-15)13-12-17(20(21)22)19(14)24-16-10-6-3-7-11-16/h2-13H,1H3. The fourth-order valence-electron chi connectivity index (χ4n) is 2.26. The van der Waals surface area contributed by atoms with E-state index in [1.165, 1.54) is 6.07 Å². The van der Waals surface area contributed by atoms with E-state index in [0.29, 0.717) is 22.8 Å². The zero-order valence-corrected chi connectivity index (χ0v) is 13.0. The van der Waals surface area contributed by atoms with Crippen molar-refractivity contribution in [3.63, 3.8) is 0 Å². The number of ether oxygens (including phenoxy) is 2. The fraction of sp³-hybridized carbons (Fsp3) is 0.0526. The molecule has 0 aliphatic rings. The van der Waals surface area contributed by atoms with Gasteiger partial charge in [-0.1, -0.05) is 36.4 Å². The molecule has 0 unspecified atom stereocenters. The summed E-state index contributed by atoms with van der Waals surface area (Å²) in [5, 5.41) is 11.3. The Morgan fingerprint density at radius 1 is 0.792 bits per heavy atom. The minimum atomic E-state index is -0.461. The monoisotopic (exact) mass is 321 g/mol. The lowest BCUT2D eigenvalue weighted by Gasteiger charge is -2.13. The van der Waals surface area contributed by atoms with Gasteiger partial charge in [-0.15, -0.1) is 0 Å². The van der Waals surface area contributed by atoms with Crippen LogP contribution in [0.3, 0.4) is 0 Å². The number of nitro groups is 1. The Morgan fingerprint density at radius 2 is 1.33 bits per heavy atom. The Balaban J connectivity index is 2.01. The van der Waals surface area contributed by atoms with Gasteiger partial charge in [0.15, 0.2) is 0 Å². The van der Waals surface area contributed by atoms with E-state index in [4.69, 9.17) is 9.47 Å². The SMILES string of the molecule is Cc1c(Oc2ccccc2)ccc([N+](=O)[O-])c1Oc1ccccc1. The summed E-state index contributed by atoms with van der Waals surface area (Å²) in [4.78, 5) is 10.9. The maximum atomic E-state index is 11.3. The Hall–Kier alpha value is -3.34. The highest BCUT2D eigenvalue weighted by molar-refractivity contribution is 5.59. The minimum Gasteiger partial charge on any atom is -0.457 e. The van der Waals surface area contributed by atoms with Crippen molar-refractivity contribution in [3.8, 4) is 23.0 Å². The maximum absolute atomic E-state index is 11.3. The van der Waals surface area contributed by atoms with Crippen LogP contribution in [0.2, 0.25) is 0 Å². The minimum absolute atomic E-state index is 0.100. The smallest absolute Gasteiger partial charge is 0.312 e. The molecule has 120 valence electrons. The summed E-state index contributed by atoms with van der Waals surface area (Å²) >= 11 is 0. The summed E-state index contributed by atoms with van der Waals surface area (Å²) < 4.78 is 11.6. The van der Waals surface area contributed by atoms with Gasteiger partial charge in [-0.2, -0.15) is 0 Å². The van der Waals surface area contributed by atoms with Crippen LogP contribution >= 0.6 is 0 Å². The van der Waals surface area contributed by atoms with E-state index >= 15 is 0 Å². The Morgan fingerprint density at radius 3 is 1.88 bits per heavy atom. The van der Waals surface area contributed by atoms with E-state index in [2.05, 4.69) is 0 Å². The lowest BCUT2D eigenvalue weighted by Crippen LogP contribution is -1.98. The fourth-order valence-corrected chi connectivity index (χ4v) is 2.26. The van der Waals surface area contributed by atoms with Gasteiger partial charge in [0.05, 0.1) is 4.92 Å². The second-order valence-corrected chi connectivity index (χ2v) is 5.12. The molecule has 0 saturated heterocycles. The van der Waals surface area contributed by atoms with Gasteiger partial charge >= 0.3 is 5.69 Å². The van der Waals surface area contributed by atoms with Crippen LogP contribution in [-0.2, 0) is 0 Å². The van der Waals surface area contributed by atoms with Gasteiger partial charge < -0.3 is 9.47 Å². The molecule has 3 rings (SSSR count). The van der Waals surface area contributed by atoms with Crippen LogP contribution in [0.15, 0.2) is 72.8 Å². The predicted octanol–water partition coefficient (Wildman–Crippen LogP) is 5.49. The first kappa shape index (κ1) is 15.6. The molecule has 0 aliphatic heterocycles. The van der Waals surface area contributed by atoms with Crippen molar-refractivity contribution < 1.29 is 14.4 Å². The van der Waals surface area contributed by atoms with Gasteiger partial charge in [0.1, 0.15) is 17.2 Å². The molecule has 0 N–H and O–H groups in total. The summed E-state index contributed by atoms with van der Waals surface area (Å²) in [5.41, 5.74) is 0.466. The van der Waals surface area contributed by atoms with E-state index in [1.807, 2.05) is 36.4 Å². The molecule has 0 aliphatic carbocycles.